The van der Waals surface area contributed by atoms with Gasteiger partial charge >= 0.3 is 0 Å². The molecule has 0 unspecified atom stereocenters. The Hall–Kier alpha value is -1.26. The van der Waals surface area contributed by atoms with Crippen LogP contribution >= 0.6 is 11.6 Å². The van der Waals surface area contributed by atoms with E-state index in [1.165, 1.54) is 12.5 Å². The molecular formula is C16H21ClN2O2. The molecule has 114 valence electrons. The molecule has 3 rings (SSSR count). The first kappa shape index (κ1) is 14.7. The third-order valence-corrected chi connectivity index (χ3v) is 4.99. The highest BCUT2D eigenvalue weighted by atomic mass is 35.5. The van der Waals surface area contributed by atoms with Gasteiger partial charge in [-0.25, -0.2) is 0 Å². The van der Waals surface area contributed by atoms with E-state index in [2.05, 4.69) is 5.32 Å². The summed E-state index contributed by atoms with van der Waals surface area (Å²) in [5, 5.41) is 13.9. The molecule has 0 radical (unpaired) electrons. The molecule has 1 saturated heterocycles. The second kappa shape index (κ2) is 5.85. The topological polar surface area (TPSA) is 52.6 Å². The lowest BCUT2D eigenvalue weighted by molar-refractivity contribution is 0.0220. The van der Waals surface area contributed by atoms with Gasteiger partial charge in [-0.1, -0.05) is 30.9 Å². The van der Waals surface area contributed by atoms with E-state index in [9.17, 15) is 9.90 Å². The molecule has 1 aromatic rings. The number of amides is 1. The number of halogens is 1. The minimum atomic E-state index is -0.0987. The molecule has 1 aliphatic heterocycles. The Labute approximate surface area is 130 Å². The lowest BCUT2D eigenvalue weighted by Gasteiger charge is -2.49. The smallest absolute Gasteiger partial charge is 0.258 e. The van der Waals surface area contributed by atoms with Gasteiger partial charge in [0.05, 0.1) is 11.1 Å². The van der Waals surface area contributed by atoms with Crippen LogP contribution in [0.1, 0.15) is 42.5 Å². The number of benzene rings is 1. The van der Waals surface area contributed by atoms with Crippen LogP contribution in [-0.4, -0.2) is 41.1 Å². The van der Waals surface area contributed by atoms with Crippen molar-refractivity contribution < 1.29 is 9.90 Å². The standard InChI is InChI=1S/C16H21ClN2O2/c17-12-4-5-14(20)13(10-12)15(21)19-9-8-18-11-16(19)6-2-1-3-7-16/h4-5,10,18,20H,1-3,6-9,11H2. The summed E-state index contributed by atoms with van der Waals surface area (Å²) < 4.78 is 0. The van der Waals surface area contributed by atoms with Gasteiger partial charge in [-0.15, -0.1) is 0 Å². The van der Waals surface area contributed by atoms with E-state index in [1.54, 1.807) is 12.1 Å². The molecule has 1 aliphatic carbocycles. The zero-order chi connectivity index (χ0) is 14.9. The number of carbonyl (C=O) groups excluding carboxylic acids is 1. The fourth-order valence-corrected chi connectivity index (χ4v) is 3.82. The predicted octanol–water partition coefficient (Wildman–Crippen LogP) is 2.79. The summed E-state index contributed by atoms with van der Waals surface area (Å²) in [5.74, 6) is -0.0905. The molecule has 1 spiro atoms. The average molecular weight is 309 g/mol. The predicted molar refractivity (Wildman–Crippen MR) is 82.8 cm³/mol. The minimum Gasteiger partial charge on any atom is -0.507 e. The number of phenols is 1. The normalized spacial score (nSPS) is 21.5. The SMILES string of the molecule is O=C(c1cc(Cl)ccc1O)N1CCNCC12CCCCC2. The third kappa shape index (κ3) is 2.74. The van der Waals surface area contributed by atoms with E-state index in [4.69, 9.17) is 11.6 Å². The zero-order valence-corrected chi connectivity index (χ0v) is 12.8. The van der Waals surface area contributed by atoms with E-state index in [1.807, 2.05) is 4.90 Å². The zero-order valence-electron chi connectivity index (χ0n) is 12.1. The van der Waals surface area contributed by atoms with Gasteiger partial charge < -0.3 is 15.3 Å². The third-order valence-electron chi connectivity index (χ3n) is 4.76. The van der Waals surface area contributed by atoms with Crippen molar-refractivity contribution in [2.75, 3.05) is 19.6 Å². The molecule has 4 nitrogen and oxygen atoms in total. The van der Waals surface area contributed by atoms with Gasteiger partial charge in [0.1, 0.15) is 5.75 Å². The lowest BCUT2D eigenvalue weighted by atomic mass is 9.78. The molecule has 1 heterocycles. The fourth-order valence-electron chi connectivity index (χ4n) is 3.64. The first-order chi connectivity index (χ1) is 10.1. The van der Waals surface area contributed by atoms with Crippen molar-refractivity contribution in [3.63, 3.8) is 0 Å². The summed E-state index contributed by atoms with van der Waals surface area (Å²) in [6, 6.07) is 4.66. The highest BCUT2D eigenvalue weighted by Gasteiger charge is 2.42. The average Bonchev–Trinajstić information content (AvgIpc) is 2.50. The van der Waals surface area contributed by atoms with Crippen LogP contribution in [0.3, 0.4) is 0 Å². The number of phenolic OH excluding ortho intramolecular Hbond substituents is 1. The molecule has 21 heavy (non-hydrogen) atoms. The highest BCUT2D eigenvalue weighted by molar-refractivity contribution is 6.31. The first-order valence-electron chi connectivity index (χ1n) is 7.64. The van der Waals surface area contributed by atoms with Gasteiger partial charge in [0.25, 0.3) is 5.91 Å². The summed E-state index contributed by atoms with van der Waals surface area (Å²) in [5.41, 5.74) is 0.219. The molecule has 2 N–H and O–H groups in total. The van der Waals surface area contributed by atoms with Crippen LogP contribution in [0, 0.1) is 0 Å². The number of rotatable bonds is 1. The van der Waals surface area contributed by atoms with Crippen molar-refractivity contribution in [1.82, 2.24) is 10.2 Å². The number of carbonyl (C=O) groups is 1. The Bertz CT molecular complexity index is 533. The van der Waals surface area contributed by atoms with E-state index in [0.717, 1.165) is 38.8 Å². The van der Waals surface area contributed by atoms with Gasteiger partial charge in [0.15, 0.2) is 0 Å². The molecule has 2 aliphatic rings. The van der Waals surface area contributed by atoms with Crippen molar-refractivity contribution in [2.24, 2.45) is 0 Å². The number of nitrogens with one attached hydrogen (secondary N) is 1. The summed E-state index contributed by atoms with van der Waals surface area (Å²) in [6.07, 6.45) is 5.63. The Morgan fingerprint density at radius 3 is 2.81 bits per heavy atom. The number of nitrogens with zero attached hydrogens (tertiary/aromatic N) is 1. The molecule has 5 heteroatoms. The summed E-state index contributed by atoms with van der Waals surface area (Å²) in [4.78, 5) is 14.9. The monoisotopic (exact) mass is 308 g/mol. The van der Waals surface area contributed by atoms with Gasteiger partial charge in [0.2, 0.25) is 0 Å². The maximum Gasteiger partial charge on any atom is 0.258 e. The van der Waals surface area contributed by atoms with Gasteiger partial charge in [-0.3, -0.25) is 4.79 Å². The summed E-state index contributed by atoms with van der Waals surface area (Å²) in [6.45, 7) is 2.33. The number of hydrogen-bond acceptors (Lipinski definition) is 3. The fraction of sp³-hybridized carbons (Fsp3) is 0.562. The summed E-state index contributed by atoms with van der Waals surface area (Å²) >= 11 is 5.98. The second-order valence-electron chi connectivity index (χ2n) is 6.08. The van der Waals surface area contributed by atoms with Gasteiger partial charge in [0, 0.05) is 24.7 Å². The highest BCUT2D eigenvalue weighted by Crippen LogP contribution is 2.36. The van der Waals surface area contributed by atoms with Crippen molar-refractivity contribution in [3.8, 4) is 5.75 Å². The van der Waals surface area contributed by atoms with Crippen LogP contribution in [0.15, 0.2) is 18.2 Å². The Morgan fingerprint density at radius 2 is 2.05 bits per heavy atom. The largest absolute Gasteiger partial charge is 0.507 e. The number of piperazine rings is 1. The van der Waals surface area contributed by atoms with Gasteiger partial charge in [-0.05, 0) is 31.0 Å². The number of aromatic hydroxyl groups is 1. The van der Waals surface area contributed by atoms with E-state index in [0.29, 0.717) is 17.1 Å². The van der Waals surface area contributed by atoms with Crippen molar-refractivity contribution >= 4 is 17.5 Å². The van der Waals surface area contributed by atoms with E-state index < -0.39 is 0 Å². The molecule has 1 saturated carbocycles. The Kier molecular flexibility index (Phi) is 4.09. The quantitative estimate of drug-likeness (QED) is 0.839. The molecule has 1 aromatic carbocycles. The van der Waals surface area contributed by atoms with Crippen LogP contribution in [0.2, 0.25) is 5.02 Å². The maximum absolute atomic E-state index is 12.9. The molecule has 0 aromatic heterocycles. The molecule has 1 amide bonds. The van der Waals surface area contributed by atoms with Crippen LogP contribution < -0.4 is 5.32 Å². The summed E-state index contributed by atoms with van der Waals surface area (Å²) in [7, 11) is 0. The van der Waals surface area contributed by atoms with Crippen LogP contribution in [-0.2, 0) is 0 Å². The molecular weight excluding hydrogens is 288 g/mol. The van der Waals surface area contributed by atoms with E-state index >= 15 is 0 Å². The van der Waals surface area contributed by atoms with Crippen LogP contribution in [0.5, 0.6) is 5.75 Å². The molecule has 0 bridgehead atoms. The Balaban J connectivity index is 1.92. The first-order valence-corrected chi connectivity index (χ1v) is 8.01. The van der Waals surface area contributed by atoms with Crippen LogP contribution in [0.25, 0.3) is 0 Å². The number of hydrogen-bond donors (Lipinski definition) is 2. The Morgan fingerprint density at radius 1 is 1.29 bits per heavy atom. The van der Waals surface area contributed by atoms with E-state index in [-0.39, 0.29) is 17.2 Å². The van der Waals surface area contributed by atoms with Crippen molar-refractivity contribution in [1.29, 1.82) is 0 Å². The van der Waals surface area contributed by atoms with Crippen molar-refractivity contribution in [2.45, 2.75) is 37.6 Å². The lowest BCUT2D eigenvalue weighted by Crippen LogP contribution is -2.63. The molecule has 0 atom stereocenters. The van der Waals surface area contributed by atoms with Crippen molar-refractivity contribution in [3.05, 3.63) is 28.8 Å². The minimum absolute atomic E-state index is 0.00823. The molecule has 2 fully saturated rings. The second-order valence-corrected chi connectivity index (χ2v) is 6.52. The maximum atomic E-state index is 12.9. The van der Waals surface area contributed by atoms with Gasteiger partial charge in [-0.2, -0.15) is 0 Å². The van der Waals surface area contributed by atoms with Crippen LogP contribution in [0.4, 0.5) is 0 Å².